The number of hydrogen-bond donors (Lipinski definition) is 0. The van der Waals surface area contributed by atoms with Crippen LogP contribution in [0.15, 0.2) is 36.0 Å². The molecule has 0 radical (unpaired) electrons. The Bertz CT molecular complexity index is 614. The van der Waals surface area contributed by atoms with Crippen LogP contribution in [0.25, 0.3) is 0 Å². The molecule has 0 aliphatic carbocycles. The molecule has 2 aliphatic rings. The molecule has 4 unspecified atom stereocenters. The van der Waals surface area contributed by atoms with E-state index in [0.29, 0.717) is 24.5 Å². The molecule has 0 aromatic rings. The summed E-state index contributed by atoms with van der Waals surface area (Å²) in [4.78, 5) is 12.4. The number of ether oxygens (including phenoxy) is 2. The molecule has 0 spiro atoms. The van der Waals surface area contributed by atoms with Crippen molar-refractivity contribution < 1.29 is 14.3 Å². The maximum atomic E-state index is 12.4. The summed E-state index contributed by atoms with van der Waals surface area (Å²) in [7, 11) is 0. The molecule has 0 saturated carbocycles. The average molecular weight is 417 g/mol. The van der Waals surface area contributed by atoms with Gasteiger partial charge >= 0.3 is 5.97 Å². The van der Waals surface area contributed by atoms with Crippen molar-refractivity contribution in [3.8, 4) is 0 Å². The van der Waals surface area contributed by atoms with Gasteiger partial charge in [-0.2, -0.15) is 0 Å². The fourth-order valence-electron chi connectivity index (χ4n) is 4.36. The quantitative estimate of drug-likeness (QED) is 0.180. The Balaban J connectivity index is 1.97. The molecule has 0 N–H and O–H groups in total. The van der Waals surface area contributed by atoms with Crippen molar-refractivity contribution in [1.29, 1.82) is 0 Å². The third-order valence-electron chi connectivity index (χ3n) is 6.32. The predicted octanol–water partition coefficient (Wildman–Crippen LogP) is 7.32. The smallest absolute Gasteiger partial charge is 0.306 e. The van der Waals surface area contributed by atoms with Crippen LogP contribution in [0, 0.1) is 11.3 Å². The van der Waals surface area contributed by atoms with Crippen LogP contribution < -0.4 is 0 Å². The molecule has 0 aromatic heterocycles. The highest BCUT2D eigenvalue weighted by Crippen LogP contribution is 2.33. The molecule has 0 amide bonds. The first-order valence-corrected chi connectivity index (χ1v) is 12.2. The van der Waals surface area contributed by atoms with Crippen LogP contribution in [0.1, 0.15) is 98.8 Å². The van der Waals surface area contributed by atoms with Crippen molar-refractivity contribution in [3.63, 3.8) is 0 Å². The van der Waals surface area contributed by atoms with Gasteiger partial charge in [-0.25, -0.2) is 0 Å². The fourth-order valence-corrected chi connectivity index (χ4v) is 4.36. The maximum absolute atomic E-state index is 12.4. The van der Waals surface area contributed by atoms with Crippen LogP contribution in [0.5, 0.6) is 0 Å². The lowest BCUT2D eigenvalue weighted by atomic mass is 9.81. The van der Waals surface area contributed by atoms with Crippen molar-refractivity contribution in [1.82, 2.24) is 0 Å². The normalized spacial score (nSPS) is 30.2. The van der Waals surface area contributed by atoms with Gasteiger partial charge in [0.2, 0.25) is 0 Å². The first-order valence-electron chi connectivity index (χ1n) is 12.2. The molecular formula is C27H44O3. The Morgan fingerprint density at radius 1 is 1.23 bits per heavy atom. The highest BCUT2D eigenvalue weighted by atomic mass is 16.6. The van der Waals surface area contributed by atoms with Gasteiger partial charge in [-0.3, -0.25) is 4.79 Å². The van der Waals surface area contributed by atoms with E-state index in [0.717, 1.165) is 31.3 Å². The number of esters is 1. The summed E-state index contributed by atoms with van der Waals surface area (Å²) in [5.41, 5.74) is 0.880. The largest absolute Gasteiger partial charge is 0.457 e. The molecule has 1 saturated heterocycles. The van der Waals surface area contributed by atoms with Crippen molar-refractivity contribution >= 4 is 5.97 Å². The maximum Gasteiger partial charge on any atom is 0.306 e. The van der Waals surface area contributed by atoms with Crippen LogP contribution in [0.2, 0.25) is 0 Å². The van der Waals surface area contributed by atoms with E-state index in [1.807, 2.05) is 0 Å². The van der Waals surface area contributed by atoms with Crippen molar-refractivity contribution in [2.75, 3.05) is 0 Å². The molecule has 30 heavy (non-hydrogen) atoms. The summed E-state index contributed by atoms with van der Waals surface area (Å²) in [5.74, 6) is 0.411. The fraction of sp³-hybridized carbons (Fsp3) is 0.741. The second-order valence-corrected chi connectivity index (χ2v) is 9.91. The number of allylic oxidation sites excluding steroid dienone is 4. The second-order valence-electron chi connectivity index (χ2n) is 9.91. The molecule has 170 valence electrons. The third-order valence-corrected chi connectivity index (χ3v) is 6.32. The van der Waals surface area contributed by atoms with E-state index in [-0.39, 0.29) is 17.5 Å². The monoisotopic (exact) mass is 416 g/mol. The van der Waals surface area contributed by atoms with Gasteiger partial charge in [-0.1, -0.05) is 83.8 Å². The van der Waals surface area contributed by atoms with Gasteiger partial charge < -0.3 is 9.47 Å². The second kappa shape index (κ2) is 12.5. The van der Waals surface area contributed by atoms with Gasteiger partial charge in [-0.15, -0.1) is 0 Å². The lowest BCUT2D eigenvalue weighted by Crippen LogP contribution is -2.33. The number of hydrogen-bond acceptors (Lipinski definition) is 3. The van der Waals surface area contributed by atoms with E-state index in [1.54, 1.807) is 0 Å². The van der Waals surface area contributed by atoms with Crippen LogP contribution >= 0.6 is 0 Å². The molecule has 3 nitrogen and oxygen atoms in total. The van der Waals surface area contributed by atoms with E-state index in [4.69, 9.17) is 9.47 Å². The van der Waals surface area contributed by atoms with Gasteiger partial charge in [-0.05, 0) is 50.5 Å². The number of epoxide rings is 1. The van der Waals surface area contributed by atoms with E-state index < -0.39 is 0 Å². The van der Waals surface area contributed by atoms with Crippen LogP contribution in [0.4, 0.5) is 0 Å². The van der Waals surface area contributed by atoms with Gasteiger partial charge in [0.05, 0.1) is 12.2 Å². The van der Waals surface area contributed by atoms with Crippen molar-refractivity contribution in [2.45, 2.75) is 117 Å². The molecule has 4 atom stereocenters. The first-order chi connectivity index (χ1) is 14.3. The van der Waals surface area contributed by atoms with E-state index >= 15 is 0 Å². The molecule has 3 heteroatoms. The summed E-state index contributed by atoms with van der Waals surface area (Å²) in [6, 6.07) is 0. The van der Waals surface area contributed by atoms with Crippen LogP contribution in [-0.2, 0) is 14.3 Å². The molecule has 2 aliphatic heterocycles. The van der Waals surface area contributed by atoms with Crippen molar-refractivity contribution in [2.24, 2.45) is 11.3 Å². The Labute approximate surface area is 185 Å². The minimum Gasteiger partial charge on any atom is -0.457 e. The van der Waals surface area contributed by atoms with Gasteiger partial charge in [0.1, 0.15) is 6.10 Å². The number of cyclic esters (lactones) is 1. The third kappa shape index (κ3) is 8.79. The minimum atomic E-state index is -0.231. The SMILES string of the molecule is CCCCC1OC1CC(C)/C=C/C=C(\C)C1OC(=O)CCCCCC/C=C/C1(C)C. The molecule has 1 fully saturated rings. The zero-order valence-electron chi connectivity index (χ0n) is 20.0. The highest BCUT2D eigenvalue weighted by molar-refractivity contribution is 5.70. The Morgan fingerprint density at radius 2 is 2.00 bits per heavy atom. The van der Waals surface area contributed by atoms with Gasteiger partial charge in [0, 0.05) is 11.8 Å². The molecule has 2 heterocycles. The number of unbranched alkanes of at least 4 members (excludes halogenated alkanes) is 1. The Hall–Kier alpha value is -1.35. The van der Waals surface area contributed by atoms with Crippen LogP contribution in [-0.4, -0.2) is 24.3 Å². The van der Waals surface area contributed by atoms with Crippen LogP contribution in [0.3, 0.4) is 0 Å². The predicted molar refractivity (Wildman–Crippen MR) is 125 cm³/mol. The van der Waals surface area contributed by atoms with E-state index in [9.17, 15) is 4.79 Å². The summed E-state index contributed by atoms with van der Waals surface area (Å²) < 4.78 is 11.8. The molecular weight excluding hydrogens is 372 g/mol. The van der Waals surface area contributed by atoms with Crippen molar-refractivity contribution in [3.05, 3.63) is 36.0 Å². The zero-order valence-corrected chi connectivity index (χ0v) is 20.0. The lowest BCUT2D eigenvalue weighted by Gasteiger charge is -2.32. The average Bonchev–Trinajstić information content (AvgIpc) is 3.42. The zero-order chi connectivity index (χ0) is 22.0. The molecule has 0 bridgehead atoms. The number of rotatable bonds is 8. The number of carbonyl (C=O) groups is 1. The topological polar surface area (TPSA) is 38.8 Å². The summed E-state index contributed by atoms with van der Waals surface area (Å²) in [6.45, 7) is 10.9. The van der Waals surface area contributed by atoms with Gasteiger partial charge in [0.25, 0.3) is 0 Å². The molecule has 0 aromatic carbocycles. The first kappa shape index (κ1) is 24.9. The van der Waals surface area contributed by atoms with Gasteiger partial charge in [0.15, 0.2) is 0 Å². The lowest BCUT2D eigenvalue weighted by molar-refractivity contribution is -0.151. The standard InChI is InChI=1S/C27H44O3/c1-6-7-17-23-24(29-23)20-21(2)15-14-16-22(3)26-27(4,5)19-13-11-9-8-10-12-18-25(28)30-26/h13-16,19,21,23-24,26H,6-12,17-18,20H2,1-5H3/b15-14+,19-13+,22-16+. The Morgan fingerprint density at radius 3 is 2.77 bits per heavy atom. The molecule has 2 rings (SSSR count). The van der Waals surface area contributed by atoms with E-state index in [1.165, 1.54) is 32.1 Å². The summed E-state index contributed by atoms with van der Waals surface area (Å²) in [6.07, 6.45) is 22.5. The summed E-state index contributed by atoms with van der Waals surface area (Å²) in [5, 5.41) is 0. The number of carbonyl (C=O) groups excluding carboxylic acids is 1. The summed E-state index contributed by atoms with van der Waals surface area (Å²) >= 11 is 0. The Kier molecular flexibility index (Phi) is 10.4. The van der Waals surface area contributed by atoms with E-state index in [2.05, 4.69) is 65.0 Å². The highest BCUT2D eigenvalue weighted by Gasteiger charge is 2.38. The minimum absolute atomic E-state index is 0.0730.